The number of esters is 1. The van der Waals surface area contributed by atoms with Crippen LogP contribution in [0.3, 0.4) is 0 Å². The lowest BCUT2D eigenvalue weighted by Gasteiger charge is -2.33. The van der Waals surface area contributed by atoms with Gasteiger partial charge in [0, 0.05) is 24.7 Å². The molecule has 2 N–H and O–H groups in total. The number of aliphatic hydroxyl groups excluding tert-OH is 1. The van der Waals surface area contributed by atoms with Crippen LogP contribution in [0.2, 0.25) is 0 Å². The number of likely N-dealkylation sites (tertiary alicyclic amines) is 1. The van der Waals surface area contributed by atoms with Crippen LogP contribution in [-0.4, -0.2) is 72.5 Å². The van der Waals surface area contributed by atoms with Crippen LogP contribution in [0.1, 0.15) is 44.0 Å². The Balaban J connectivity index is 1.79. The van der Waals surface area contributed by atoms with Crippen molar-refractivity contribution in [2.75, 3.05) is 26.8 Å². The smallest absolute Gasteiger partial charge is 0.410 e. The Labute approximate surface area is 176 Å². The second kappa shape index (κ2) is 10.3. The van der Waals surface area contributed by atoms with Crippen LogP contribution >= 0.6 is 0 Å². The molecule has 30 heavy (non-hydrogen) atoms. The molecule has 1 aliphatic heterocycles. The molecule has 0 radical (unpaired) electrons. The van der Waals surface area contributed by atoms with Crippen LogP contribution in [0.5, 0.6) is 5.75 Å². The maximum Gasteiger partial charge on any atom is 0.410 e. The molecule has 9 nitrogen and oxygen atoms in total. The van der Waals surface area contributed by atoms with Gasteiger partial charge in [0.15, 0.2) is 6.10 Å². The number of aliphatic hydroxyl groups is 1. The summed E-state index contributed by atoms with van der Waals surface area (Å²) in [4.78, 5) is 37.4. The average molecular weight is 422 g/mol. The Morgan fingerprint density at radius 1 is 1.17 bits per heavy atom. The van der Waals surface area contributed by atoms with E-state index >= 15 is 0 Å². The van der Waals surface area contributed by atoms with Crippen LogP contribution in [0.25, 0.3) is 0 Å². The zero-order valence-corrected chi connectivity index (χ0v) is 17.8. The van der Waals surface area contributed by atoms with E-state index in [1.165, 1.54) is 7.11 Å². The maximum atomic E-state index is 12.5. The molecule has 0 bridgehead atoms. The number of benzene rings is 1. The van der Waals surface area contributed by atoms with Crippen LogP contribution in [0, 0.1) is 0 Å². The molecule has 1 heterocycles. The van der Waals surface area contributed by atoms with Crippen molar-refractivity contribution in [2.45, 2.75) is 51.4 Å². The molecule has 1 aromatic carbocycles. The first-order valence-corrected chi connectivity index (χ1v) is 9.86. The SMILES string of the molecule is COC(=O)C(O)COc1ccc(C(=O)NC2CCN(C(=O)OC(C)(C)C)CC2)cc1. The monoisotopic (exact) mass is 422 g/mol. The van der Waals surface area contributed by atoms with Crippen molar-refractivity contribution in [1.82, 2.24) is 10.2 Å². The van der Waals surface area contributed by atoms with Gasteiger partial charge < -0.3 is 29.5 Å². The number of ether oxygens (including phenoxy) is 3. The Morgan fingerprint density at radius 2 is 1.77 bits per heavy atom. The number of nitrogens with zero attached hydrogens (tertiary/aromatic N) is 1. The van der Waals surface area contributed by atoms with E-state index in [4.69, 9.17) is 9.47 Å². The lowest BCUT2D eigenvalue weighted by atomic mass is 10.0. The number of amides is 2. The van der Waals surface area contributed by atoms with Gasteiger partial charge in [0.2, 0.25) is 0 Å². The fourth-order valence-corrected chi connectivity index (χ4v) is 2.88. The van der Waals surface area contributed by atoms with Crippen molar-refractivity contribution < 1.29 is 33.7 Å². The highest BCUT2D eigenvalue weighted by atomic mass is 16.6. The summed E-state index contributed by atoms with van der Waals surface area (Å²) >= 11 is 0. The molecule has 2 amide bonds. The minimum Gasteiger partial charge on any atom is -0.490 e. The first-order chi connectivity index (χ1) is 14.1. The van der Waals surface area contributed by atoms with Crippen molar-refractivity contribution in [3.05, 3.63) is 29.8 Å². The predicted molar refractivity (Wildman–Crippen MR) is 108 cm³/mol. The summed E-state index contributed by atoms with van der Waals surface area (Å²) in [6, 6.07) is 6.35. The zero-order chi connectivity index (χ0) is 22.3. The fourth-order valence-electron chi connectivity index (χ4n) is 2.88. The first-order valence-electron chi connectivity index (χ1n) is 9.86. The van der Waals surface area contributed by atoms with Gasteiger partial charge in [-0.05, 0) is 57.9 Å². The van der Waals surface area contributed by atoms with E-state index in [0.717, 1.165) is 0 Å². The summed E-state index contributed by atoms with van der Waals surface area (Å²) in [6.45, 7) is 6.29. The molecule has 1 saturated heterocycles. The number of carbonyl (C=O) groups excluding carboxylic acids is 3. The number of methoxy groups -OCH3 is 1. The topological polar surface area (TPSA) is 114 Å². The molecule has 166 valence electrons. The van der Waals surface area contributed by atoms with Gasteiger partial charge >= 0.3 is 12.1 Å². The molecule has 2 rings (SSSR count). The molecule has 1 aromatic rings. The lowest BCUT2D eigenvalue weighted by molar-refractivity contribution is -0.151. The third-order valence-corrected chi connectivity index (χ3v) is 4.48. The number of rotatable bonds is 6. The van der Waals surface area contributed by atoms with Crippen LogP contribution in [0.15, 0.2) is 24.3 Å². The van der Waals surface area contributed by atoms with Crippen LogP contribution in [-0.2, 0) is 14.3 Å². The number of piperidine rings is 1. The summed E-state index contributed by atoms with van der Waals surface area (Å²) in [6.07, 6.45) is -0.403. The van der Waals surface area contributed by atoms with Gasteiger partial charge in [-0.15, -0.1) is 0 Å². The van der Waals surface area contributed by atoms with Gasteiger partial charge in [-0.25, -0.2) is 9.59 Å². The van der Waals surface area contributed by atoms with E-state index < -0.39 is 17.7 Å². The third kappa shape index (κ3) is 7.22. The van der Waals surface area contributed by atoms with Gasteiger partial charge in [0.25, 0.3) is 5.91 Å². The van der Waals surface area contributed by atoms with Crippen molar-refractivity contribution in [1.29, 1.82) is 0 Å². The molecule has 0 aliphatic carbocycles. The standard InChI is InChI=1S/C21H30N2O7/c1-21(2,3)30-20(27)23-11-9-15(10-12-23)22-18(25)14-5-7-16(8-6-14)29-13-17(24)19(26)28-4/h5-8,15,17,24H,9-13H2,1-4H3,(H,22,25). The van der Waals surface area contributed by atoms with Crippen molar-refractivity contribution in [3.8, 4) is 5.75 Å². The van der Waals surface area contributed by atoms with Gasteiger partial charge in [-0.3, -0.25) is 4.79 Å². The zero-order valence-electron chi connectivity index (χ0n) is 17.8. The molecular formula is C21H30N2O7. The van der Waals surface area contributed by atoms with Crippen molar-refractivity contribution in [3.63, 3.8) is 0 Å². The highest BCUT2D eigenvalue weighted by Crippen LogP contribution is 2.17. The van der Waals surface area contributed by atoms with Crippen molar-refractivity contribution in [2.24, 2.45) is 0 Å². The second-order valence-corrected chi connectivity index (χ2v) is 8.09. The van der Waals surface area contributed by atoms with Gasteiger partial charge in [-0.2, -0.15) is 0 Å². The van der Waals surface area contributed by atoms with Crippen LogP contribution in [0.4, 0.5) is 4.79 Å². The largest absolute Gasteiger partial charge is 0.490 e. The number of hydrogen-bond acceptors (Lipinski definition) is 7. The summed E-state index contributed by atoms with van der Waals surface area (Å²) in [5.74, 6) is -0.573. The Morgan fingerprint density at radius 3 is 2.30 bits per heavy atom. The summed E-state index contributed by atoms with van der Waals surface area (Å²) in [5, 5.41) is 12.5. The first kappa shape index (κ1) is 23.5. The van der Waals surface area contributed by atoms with Gasteiger partial charge in [-0.1, -0.05) is 0 Å². The number of hydrogen-bond donors (Lipinski definition) is 2. The fraction of sp³-hybridized carbons (Fsp3) is 0.571. The molecule has 9 heteroatoms. The minimum atomic E-state index is -1.37. The molecule has 1 fully saturated rings. The predicted octanol–water partition coefficient (Wildman–Crippen LogP) is 1.73. The van der Waals surface area contributed by atoms with E-state index in [9.17, 15) is 19.5 Å². The molecular weight excluding hydrogens is 392 g/mol. The third-order valence-electron chi connectivity index (χ3n) is 4.48. The Hall–Kier alpha value is -2.81. The molecule has 0 spiro atoms. The number of nitrogens with one attached hydrogen (secondary N) is 1. The van der Waals surface area contributed by atoms with E-state index in [1.54, 1.807) is 29.2 Å². The van der Waals surface area contributed by atoms with E-state index in [1.807, 2.05) is 20.8 Å². The second-order valence-electron chi connectivity index (χ2n) is 8.09. The van der Waals surface area contributed by atoms with E-state index in [0.29, 0.717) is 37.2 Å². The summed E-state index contributed by atoms with van der Waals surface area (Å²) < 4.78 is 15.1. The average Bonchev–Trinajstić information content (AvgIpc) is 2.71. The lowest BCUT2D eigenvalue weighted by Crippen LogP contribution is -2.47. The Bertz CT molecular complexity index is 735. The van der Waals surface area contributed by atoms with E-state index in [2.05, 4.69) is 10.1 Å². The minimum absolute atomic E-state index is 0.0256. The van der Waals surface area contributed by atoms with Gasteiger partial charge in [0.1, 0.15) is 18.0 Å². The van der Waals surface area contributed by atoms with Gasteiger partial charge in [0.05, 0.1) is 7.11 Å². The summed E-state index contributed by atoms with van der Waals surface area (Å²) in [7, 11) is 1.18. The summed E-state index contributed by atoms with van der Waals surface area (Å²) in [5.41, 5.74) is -0.0690. The van der Waals surface area contributed by atoms with Crippen LogP contribution < -0.4 is 10.1 Å². The quantitative estimate of drug-likeness (QED) is 0.671. The Kier molecular flexibility index (Phi) is 8.05. The molecule has 0 saturated carbocycles. The number of carbonyl (C=O) groups is 3. The maximum absolute atomic E-state index is 12.5. The molecule has 1 atom stereocenters. The highest BCUT2D eigenvalue weighted by Gasteiger charge is 2.27. The normalized spacial score (nSPS) is 15.8. The molecule has 1 aliphatic rings. The van der Waals surface area contributed by atoms with E-state index in [-0.39, 0.29) is 24.6 Å². The highest BCUT2D eigenvalue weighted by molar-refractivity contribution is 5.94. The molecule has 1 unspecified atom stereocenters. The molecule has 0 aromatic heterocycles. The van der Waals surface area contributed by atoms with Crippen molar-refractivity contribution >= 4 is 18.0 Å².